The quantitative estimate of drug-likeness (QED) is 0.750. The van der Waals surface area contributed by atoms with Crippen LogP contribution in [0.15, 0.2) is 24.3 Å². The standard InChI is InChI=1S/C13H18F2O5/c1-17-11-3-5-12(6-4-11)20-8-10(16)7-19-9-13(14,15)18-2/h3-6,10,16H,7-9H2,1-2H3. The molecule has 1 N–H and O–H groups in total. The summed E-state index contributed by atoms with van der Waals surface area (Å²) in [4.78, 5) is 0. The molecule has 0 aromatic heterocycles. The van der Waals surface area contributed by atoms with Crippen LogP contribution in [0.5, 0.6) is 11.5 Å². The lowest BCUT2D eigenvalue weighted by atomic mass is 10.3. The summed E-state index contributed by atoms with van der Waals surface area (Å²) in [6.45, 7) is -1.25. The minimum atomic E-state index is -3.35. The lowest BCUT2D eigenvalue weighted by molar-refractivity contribution is -0.252. The topological polar surface area (TPSA) is 57.2 Å². The summed E-state index contributed by atoms with van der Waals surface area (Å²) in [5, 5.41) is 9.52. The van der Waals surface area contributed by atoms with Gasteiger partial charge in [0.1, 0.15) is 30.8 Å². The van der Waals surface area contributed by atoms with Crippen molar-refractivity contribution >= 4 is 0 Å². The first-order chi connectivity index (χ1) is 9.46. The minimum absolute atomic E-state index is 0.0646. The van der Waals surface area contributed by atoms with E-state index in [1.165, 1.54) is 0 Å². The fourth-order valence-electron chi connectivity index (χ4n) is 1.29. The van der Waals surface area contributed by atoms with Crippen LogP contribution in [0.2, 0.25) is 0 Å². The Morgan fingerprint density at radius 3 is 2.25 bits per heavy atom. The third-order valence-electron chi connectivity index (χ3n) is 2.38. The summed E-state index contributed by atoms with van der Waals surface area (Å²) in [5.74, 6) is 1.22. The summed E-state index contributed by atoms with van der Waals surface area (Å²) in [6, 6.07) is 6.76. The molecule has 0 heterocycles. The number of ether oxygens (including phenoxy) is 4. The van der Waals surface area contributed by atoms with E-state index in [0.717, 1.165) is 7.11 Å². The van der Waals surface area contributed by atoms with Gasteiger partial charge >= 0.3 is 6.11 Å². The number of hydrogen-bond donors (Lipinski definition) is 1. The van der Waals surface area contributed by atoms with Crippen LogP contribution < -0.4 is 9.47 Å². The first kappa shape index (κ1) is 16.6. The van der Waals surface area contributed by atoms with Gasteiger partial charge in [-0.3, -0.25) is 0 Å². The molecule has 1 rings (SSSR count). The maximum Gasteiger partial charge on any atom is 0.378 e. The third kappa shape index (κ3) is 6.14. The lowest BCUT2D eigenvalue weighted by Crippen LogP contribution is -2.30. The molecular formula is C13H18F2O5. The molecule has 0 spiro atoms. The van der Waals surface area contributed by atoms with Crippen molar-refractivity contribution < 1.29 is 32.8 Å². The molecule has 7 heteroatoms. The van der Waals surface area contributed by atoms with E-state index in [1.807, 2.05) is 0 Å². The second-order valence-electron chi connectivity index (χ2n) is 4.00. The van der Waals surface area contributed by atoms with Crippen LogP contribution in [-0.2, 0) is 9.47 Å². The fourth-order valence-corrected chi connectivity index (χ4v) is 1.29. The largest absolute Gasteiger partial charge is 0.497 e. The molecule has 0 aliphatic rings. The highest BCUT2D eigenvalue weighted by atomic mass is 19.3. The number of aliphatic hydroxyl groups is 1. The number of halogens is 2. The van der Waals surface area contributed by atoms with Crippen LogP contribution in [-0.4, -0.2) is 51.4 Å². The van der Waals surface area contributed by atoms with Gasteiger partial charge in [-0.25, -0.2) is 0 Å². The van der Waals surface area contributed by atoms with Crippen molar-refractivity contribution in [2.24, 2.45) is 0 Å². The molecule has 0 amide bonds. The molecule has 1 aromatic rings. The third-order valence-corrected chi connectivity index (χ3v) is 2.38. The monoisotopic (exact) mass is 292 g/mol. The van der Waals surface area contributed by atoms with E-state index in [2.05, 4.69) is 9.47 Å². The van der Waals surface area contributed by atoms with Crippen LogP contribution in [0.4, 0.5) is 8.78 Å². The summed E-state index contributed by atoms with van der Waals surface area (Å²) < 4.78 is 44.1. The number of rotatable bonds is 9. The van der Waals surface area contributed by atoms with Gasteiger partial charge in [0.05, 0.1) is 13.7 Å². The van der Waals surface area contributed by atoms with Crippen molar-refractivity contribution in [2.75, 3.05) is 34.0 Å². The van der Waals surface area contributed by atoms with Crippen molar-refractivity contribution in [3.8, 4) is 11.5 Å². The summed E-state index contributed by atoms with van der Waals surface area (Å²) in [7, 11) is 2.43. The SMILES string of the molecule is COc1ccc(OCC(O)COCC(F)(F)OC)cc1. The van der Waals surface area contributed by atoms with Crippen LogP contribution in [0.1, 0.15) is 0 Å². The predicted octanol–water partition coefficient (Wildman–Crippen LogP) is 1.69. The Hall–Kier alpha value is -1.44. The van der Waals surface area contributed by atoms with Gasteiger partial charge in [0.2, 0.25) is 0 Å². The zero-order chi connectivity index (χ0) is 15.0. The lowest BCUT2D eigenvalue weighted by Gasteiger charge is -2.16. The first-order valence-electron chi connectivity index (χ1n) is 5.92. The Balaban J connectivity index is 2.23. The van der Waals surface area contributed by atoms with Crippen LogP contribution in [0.3, 0.4) is 0 Å². The molecule has 1 unspecified atom stereocenters. The van der Waals surface area contributed by atoms with Crippen LogP contribution in [0.25, 0.3) is 0 Å². The molecule has 0 aliphatic heterocycles. The Morgan fingerprint density at radius 2 is 1.70 bits per heavy atom. The van der Waals surface area contributed by atoms with E-state index >= 15 is 0 Å². The van der Waals surface area contributed by atoms with Gasteiger partial charge in [0.15, 0.2) is 0 Å². The summed E-state index contributed by atoms with van der Waals surface area (Å²) in [5.41, 5.74) is 0. The number of hydrogen-bond acceptors (Lipinski definition) is 5. The fraction of sp³-hybridized carbons (Fsp3) is 0.538. The van der Waals surface area contributed by atoms with E-state index < -0.39 is 18.8 Å². The zero-order valence-corrected chi connectivity index (χ0v) is 11.3. The number of aliphatic hydroxyl groups excluding tert-OH is 1. The Bertz CT molecular complexity index is 383. The van der Waals surface area contributed by atoms with Gasteiger partial charge in [-0.1, -0.05) is 0 Å². The number of methoxy groups -OCH3 is 2. The zero-order valence-electron chi connectivity index (χ0n) is 11.3. The Kier molecular flexibility index (Phi) is 6.63. The molecule has 0 aliphatic carbocycles. The average molecular weight is 292 g/mol. The van der Waals surface area contributed by atoms with Crippen LogP contribution >= 0.6 is 0 Å². The molecule has 20 heavy (non-hydrogen) atoms. The Morgan fingerprint density at radius 1 is 1.10 bits per heavy atom. The molecule has 0 saturated carbocycles. The van der Waals surface area contributed by atoms with Gasteiger partial charge in [-0.2, -0.15) is 8.78 Å². The van der Waals surface area contributed by atoms with E-state index in [0.29, 0.717) is 11.5 Å². The summed E-state index contributed by atoms with van der Waals surface area (Å²) in [6.07, 6.45) is -4.36. The van der Waals surface area contributed by atoms with Gasteiger partial charge in [-0.15, -0.1) is 0 Å². The van der Waals surface area contributed by atoms with E-state index in [4.69, 9.17) is 9.47 Å². The van der Waals surface area contributed by atoms with Gasteiger partial charge in [0, 0.05) is 7.11 Å². The van der Waals surface area contributed by atoms with Crippen molar-refractivity contribution in [1.29, 1.82) is 0 Å². The van der Waals surface area contributed by atoms with Crippen molar-refractivity contribution in [3.63, 3.8) is 0 Å². The molecule has 0 saturated heterocycles. The predicted molar refractivity (Wildman–Crippen MR) is 67.3 cm³/mol. The molecule has 1 aromatic carbocycles. The molecule has 114 valence electrons. The minimum Gasteiger partial charge on any atom is -0.497 e. The first-order valence-corrected chi connectivity index (χ1v) is 5.92. The molecule has 0 fully saturated rings. The highest BCUT2D eigenvalue weighted by Gasteiger charge is 2.28. The van der Waals surface area contributed by atoms with E-state index in [-0.39, 0.29) is 13.2 Å². The van der Waals surface area contributed by atoms with Crippen molar-refractivity contribution in [2.45, 2.75) is 12.2 Å². The molecule has 0 radical (unpaired) electrons. The molecule has 0 bridgehead atoms. The molecule has 1 atom stereocenters. The van der Waals surface area contributed by atoms with Crippen molar-refractivity contribution in [1.82, 2.24) is 0 Å². The molecule has 5 nitrogen and oxygen atoms in total. The average Bonchev–Trinajstić information content (AvgIpc) is 2.45. The summed E-state index contributed by atoms with van der Waals surface area (Å²) >= 11 is 0. The van der Waals surface area contributed by atoms with Crippen molar-refractivity contribution in [3.05, 3.63) is 24.3 Å². The van der Waals surface area contributed by atoms with Crippen LogP contribution in [0, 0.1) is 0 Å². The van der Waals surface area contributed by atoms with E-state index in [1.54, 1.807) is 31.4 Å². The van der Waals surface area contributed by atoms with Gasteiger partial charge in [0.25, 0.3) is 0 Å². The second kappa shape index (κ2) is 7.98. The maximum atomic E-state index is 12.7. The normalized spacial score (nSPS) is 13.1. The second-order valence-corrected chi connectivity index (χ2v) is 4.00. The molecular weight excluding hydrogens is 274 g/mol. The Labute approximate surface area is 116 Å². The van der Waals surface area contributed by atoms with Gasteiger partial charge < -0.3 is 24.1 Å². The maximum absolute atomic E-state index is 12.7. The number of benzene rings is 1. The van der Waals surface area contributed by atoms with Gasteiger partial charge in [-0.05, 0) is 24.3 Å². The number of alkyl halides is 2. The highest BCUT2D eigenvalue weighted by molar-refractivity contribution is 5.31. The van der Waals surface area contributed by atoms with E-state index in [9.17, 15) is 13.9 Å². The smallest absolute Gasteiger partial charge is 0.378 e. The highest BCUT2D eigenvalue weighted by Crippen LogP contribution is 2.17.